The molecular formula is C16H22O3. The van der Waals surface area contributed by atoms with Gasteiger partial charge in [-0.05, 0) is 42.4 Å². The van der Waals surface area contributed by atoms with Crippen molar-refractivity contribution < 1.29 is 14.2 Å². The minimum atomic E-state index is 0.533. The van der Waals surface area contributed by atoms with E-state index >= 15 is 0 Å². The summed E-state index contributed by atoms with van der Waals surface area (Å²) in [5, 5.41) is 0. The molecule has 1 aliphatic carbocycles. The van der Waals surface area contributed by atoms with Crippen LogP contribution >= 0.6 is 0 Å². The average molecular weight is 262 g/mol. The van der Waals surface area contributed by atoms with Gasteiger partial charge in [0.1, 0.15) is 5.75 Å². The quantitative estimate of drug-likeness (QED) is 0.764. The predicted octanol–water partition coefficient (Wildman–Crippen LogP) is 3.03. The van der Waals surface area contributed by atoms with Crippen molar-refractivity contribution in [1.29, 1.82) is 0 Å². The van der Waals surface area contributed by atoms with E-state index in [1.54, 1.807) is 7.11 Å². The first kappa shape index (κ1) is 12.9. The molecule has 0 N–H and O–H groups in total. The second-order valence-corrected chi connectivity index (χ2v) is 5.78. The fourth-order valence-electron chi connectivity index (χ4n) is 2.97. The molecule has 0 radical (unpaired) electrons. The fourth-order valence-corrected chi connectivity index (χ4v) is 2.97. The summed E-state index contributed by atoms with van der Waals surface area (Å²) in [5.41, 5.74) is 1.20. The molecule has 4 atom stereocenters. The van der Waals surface area contributed by atoms with Crippen molar-refractivity contribution in [2.45, 2.75) is 38.6 Å². The van der Waals surface area contributed by atoms with Crippen LogP contribution in [0.15, 0.2) is 24.3 Å². The van der Waals surface area contributed by atoms with Gasteiger partial charge in [-0.2, -0.15) is 0 Å². The topological polar surface area (TPSA) is 31.0 Å². The van der Waals surface area contributed by atoms with Crippen LogP contribution in [0.4, 0.5) is 0 Å². The number of methoxy groups -OCH3 is 1. The van der Waals surface area contributed by atoms with Gasteiger partial charge < -0.3 is 14.2 Å². The van der Waals surface area contributed by atoms with Crippen LogP contribution in [0.5, 0.6) is 5.75 Å². The molecule has 1 heterocycles. The first-order chi connectivity index (χ1) is 9.26. The standard InChI is InChI=1S/C16H22O3/c1-11-7-15-16(19-15)8-13(11)10-18-9-12-3-5-14(17-2)6-4-12/h3-6,11,13,15-16H,7-10H2,1-2H3. The van der Waals surface area contributed by atoms with Crippen LogP contribution in [0, 0.1) is 11.8 Å². The van der Waals surface area contributed by atoms with Crippen molar-refractivity contribution in [2.24, 2.45) is 11.8 Å². The highest BCUT2D eigenvalue weighted by Crippen LogP contribution is 2.42. The Morgan fingerprint density at radius 1 is 1.16 bits per heavy atom. The smallest absolute Gasteiger partial charge is 0.118 e. The Labute approximate surface area is 114 Å². The minimum Gasteiger partial charge on any atom is -0.497 e. The normalized spacial score (nSPS) is 32.7. The summed E-state index contributed by atoms with van der Waals surface area (Å²) in [6.45, 7) is 3.85. The first-order valence-corrected chi connectivity index (χ1v) is 7.12. The van der Waals surface area contributed by atoms with Gasteiger partial charge in [0, 0.05) is 0 Å². The molecule has 1 aromatic carbocycles. The SMILES string of the molecule is COc1ccc(COCC2CC3OC3CC2C)cc1. The molecule has 3 heteroatoms. The van der Waals surface area contributed by atoms with Crippen LogP contribution in [0.3, 0.4) is 0 Å². The lowest BCUT2D eigenvalue weighted by atomic mass is 9.81. The van der Waals surface area contributed by atoms with Crippen molar-refractivity contribution in [3.8, 4) is 5.75 Å². The molecule has 3 rings (SSSR count). The third kappa shape index (κ3) is 3.10. The third-order valence-corrected chi connectivity index (χ3v) is 4.39. The van der Waals surface area contributed by atoms with Gasteiger partial charge in [0.25, 0.3) is 0 Å². The molecular weight excluding hydrogens is 240 g/mol. The summed E-state index contributed by atoms with van der Waals surface area (Å²) in [4.78, 5) is 0. The molecule has 0 bridgehead atoms. The van der Waals surface area contributed by atoms with Gasteiger partial charge in [0.2, 0.25) is 0 Å². The Bertz CT molecular complexity index is 415. The lowest BCUT2D eigenvalue weighted by Crippen LogP contribution is -2.26. The maximum Gasteiger partial charge on any atom is 0.118 e. The molecule has 1 aliphatic heterocycles. The third-order valence-electron chi connectivity index (χ3n) is 4.39. The minimum absolute atomic E-state index is 0.533. The van der Waals surface area contributed by atoms with Crippen LogP contribution in [-0.4, -0.2) is 25.9 Å². The van der Waals surface area contributed by atoms with E-state index in [-0.39, 0.29) is 0 Å². The number of benzene rings is 1. The van der Waals surface area contributed by atoms with Gasteiger partial charge in [0.05, 0.1) is 32.5 Å². The van der Waals surface area contributed by atoms with E-state index in [0.717, 1.165) is 18.3 Å². The Morgan fingerprint density at radius 3 is 2.63 bits per heavy atom. The van der Waals surface area contributed by atoms with Crippen LogP contribution in [-0.2, 0) is 16.1 Å². The van der Waals surface area contributed by atoms with E-state index in [2.05, 4.69) is 19.1 Å². The summed E-state index contributed by atoms with van der Waals surface area (Å²) in [6, 6.07) is 8.07. The van der Waals surface area contributed by atoms with Gasteiger partial charge in [0.15, 0.2) is 0 Å². The molecule has 2 fully saturated rings. The zero-order chi connectivity index (χ0) is 13.2. The number of fused-ring (bicyclic) bond motifs is 1. The maximum atomic E-state index is 5.87. The average Bonchev–Trinajstić information content (AvgIpc) is 3.17. The number of rotatable bonds is 5. The number of hydrogen-bond acceptors (Lipinski definition) is 3. The molecule has 4 unspecified atom stereocenters. The second kappa shape index (κ2) is 5.51. The fraction of sp³-hybridized carbons (Fsp3) is 0.625. The van der Waals surface area contributed by atoms with Gasteiger partial charge in [-0.3, -0.25) is 0 Å². The lowest BCUT2D eigenvalue weighted by molar-refractivity contribution is 0.0581. The molecule has 0 aromatic heterocycles. The highest BCUT2D eigenvalue weighted by Gasteiger charge is 2.46. The van der Waals surface area contributed by atoms with E-state index in [4.69, 9.17) is 14.2 Å². The van der Waals surface area contributed by atoms with Crippen LogP contribution in [0.2, 0.25) is 0 Å². The highest BCUT2D eigenvalue weighted by molar-refractivity contribution is 5.26. The summed E-state index contributed by atoms with van der Waals surface area (Å²) in [7, 11) is 1.68. The van der Waals surface area contributed by atoms with Gasteiger partial charge in [-0.15, -0.1) is 0 Å². The molecule has 2 aliphatic rings. The van der Waals surface area contributed by atoms with E-state index < -0.39 is 0 Å². The van der Waals surface area contributed by atoms with Gasteiger partial charge in [-0.1, -0.05) is 19.1 Å². The Morgan fingerprint density at radius 2 is 1.89 bits per heavy atom. The molecule has 104 valence electrons. The van der Waals surface area contributed by atoms with E-state index in [1.807, 2.05) is 12.1 Å². The molecule has 19 heavy (non-hydrogen) atoms. The Hall–Kier alpha value is -1.06. The van der Waals surface area contributed by atoms with E-state index in [9.17, 15) is 0 Å². The van der Waals surface area contributed by atoms with Crippen molar-refractivity contribution in [3.63, 3.8) is 0 Å². The molecule has 1 saturated heterocycles. The number of hydrogen-bond donors (Lipinski definition) is 0. The lowest BCUT2D eigenvalue weighted by Gasteiger charge is -2.25. The molecule has 3 nitrogen and oxygen atoms in total. The molecule has 0 amide bonds. The summed E-state index contributed by atoms with van der Waals surface area (Å²) in [6.07, 6.45) is 3.48. The second-order valence-electron chi connectivity index (χ2n) is 5.78. The summed E-state index contributed by atoms with van der Waals surface area (Å²) < 4.78 is 16.6. The first-order valence-electron chi connectivity index (χ1n) is 7.12. The molecule has 0 spiro atoms. The summed E-state index contributed by atoms with van der Waals surface area (Å²) >= 11 is 0. The van der Waals surface area contributed by atoms with Crippen molar-refractivity contribution >= 4 is 0 Å². The molecule has 1 aromatic rings. The predicted molar refractivity (Wildman–Crippen MR) is 73.2 cm³/mol. The van der Waals surface area contributed by atoms with Gasteiger partial charge in [-0.25, -0.2) is 0 Å². The van der Waals surface area contributed by atoms with E-state index in [1.165, 1.54) is 18.4 Å². The Kier molecular flexibility index (Phi) is 3.76. The van der Waals surface area contributed by atoms with Crippen LogP contribution < -0.4 is 4.74 Å². The van der Waals surface area contributed by atoms with Crippen molar-refractivity contribution in [1.82, 2.24) is 0 Å². The molecule has 1 saturated carbocycles. The van der Waals surface area contributed by atoms with Crippen LogP contribution in [0.1, 0.15) is 25.3 Å². The maximum absolute atomic E-state index is 5.87. The van der Waals surface area contributed by atoms with Gasteiger partial charge >= 0.3 is 0 Å². The van der Waals surface area contributed by atoms with Crippen molar-refractivity contribution in [3.05, 3.63) is 29.8 Å². The largest absolute Gasteiger partial charge is 0.497 e. The summed E-state index contributed by atoms with van der Waals surface area (Å²) in [5.74, 6) is 2.27. The van der Waals surface area contributed by atoms with E-state index in [0.29, 0.717) is 24.7 Å². The van der Waals surface area contributed by atoms with Crippen LogP contribution in [0.25, 0.3) is 0 Å². The Balaban J connectivity index is 1.44. The number of ether oxygens (including phenoxy) is 3. The number of epoxide rings is 1. The highest BCUT2D eigenvalue weighted by atomic mass is 16.6. The zero-order valence-corrected chi connectivity index (χ0v) is 11.7. The van der Waals surface area contributed by atoms with Crippen molar-refractivity contribution in [2.75, 3.05) is 13.7 Å². The monoisotopic (exact) mass is 262 g/mol. The zero-order valence-electron chi connectivity index (χ0n) is 11.7.